The van der Waals surface area contributed by atoms with Gasteiger partial charge in [0.2, 0.25) is 5.89 Å². The standard InChI is InChI=1S/C23H18ClN3O3S/c1-3-12-27-14(2)18(17-6-4-5-7-19(17)27)13-20(22(28)29)31-23-26-25-21(30-23)15-8-10-16(24)11-9-15/h3-11,13H,1,12H2,2H3,(H,28,29)/b20-13-. The minimum atomic E-state index is -1.07. The molecular formula is C23H18ClN3O3S. The number of aromatic nitrogens is 3. The normalized spacial score (nSPS) is 11.7. The molecule has 0 aliphatic rings. The van der Waals surface area contributed by atoms with Crippen LogP contribution in [0.25, 0.3) is 28.4 Å². The summed E-state index contributed by atoms with van der Waals surface area (Å²) < 4.78 is 7.77. The van der Waals surface area contributed by atoms with Crippen molar-refractivity contribution in [3.8, 4) is 11.5 Å². The van der Waals surface area contributed by atoms with E-state index in [1.54, 1.807) is 30.3 Å². The fourth-order valence-corrected chi connectivity index (χ4v) is 4.10. The van der Waals surface area contributed by atoms with Gasteiger partial charge >= 0.3 is 5.97 Å². The molecular weight excluding hydrogens is 434 g/mol. The molecule has 0 bridgehead atoms. The molecule has 0 saturated carbocycles. The third-order valence-electron chi connectivity index (χ3n) is 4.77. The lowest BCUT2D eigenvalue weighted by molar-refractivity contribution is -0.131. The summed E-state index contributed by atoms with van der Waals surface area (Å²) in [6, 6.07) is 14.8. The van der Waals surface area contributed by atoms with Gasteiger partial charge in [0.1, 0.15) is 4.91 Å². The predicted octanol–water partition coefficient (Wildman–Crippen LogP) is 6.06. The molecule has 6 nitrogen and oxygen atoms in total. The van der Waals surface area contributed by atoms with Crippen LogP contribution in [0.5, 0.6) is 0 Å². The zero-order valence-electron chi connectivity index (χ0n) is 16.6. The highest BCUT2D eigenvalue weighted by Crippen LogP contribution is 2.34. The molecule has 8 heteroatoms. The van der Waals surface area contributed by atoms with Gasteiger partial charge in [-0.1, -0.05) is 35.9 Å². The van der Waals surface area contributed by atoms with Crippen molar-refractivity contribution in [2.45, 2.75) is 18.7 Å². The second kappa shape index (κ2) is 8.83. The molecule has 4 aromatic rings. The van der Waals surface area contributed by atoms with Gasteiger partial charge in [0, 0.05) is 39.3 Å². The van der Waals surface area contributed by atoms with E-state index in [1.807, 2.05) is 37.3 Å². The van der Waals surface area contributed by atoms with E-state index in [0.29, 0.717) is 23.0 Å². The summed E-state index contributed by atoms with van der Waals surface area (Å²) in [4.78, 5) is 12.1. The predicted molar refractivity (Wildman–Crippen MR) is 123 cm³/mol. The molecule has 0 amide bonds. The molecule has 0 aliphatic heterocycles. The van der Waals surface area contributed by atoms with Crippen molar-refractivity contribution in [2.24, 2.45) is 0 Å². The number of hydrogen-bond donors (Lipinski definition) is 1. The van der Waals surface area contributed by atoms with Crippen LogP contribution in [0.3, 0.4) is 0 Å². The van der Waals surface area contributed by atoms with Crippen LogP contribution in [-0.4, -0.2) is 25.8 Å². The first-order chi connectivity index (χ1) is 15.0. The molecule has 31 heavy (non-hydrogen) atoms. The van der Waals surface area contributed by atoms with Gasteiger partial charge in [0.05, 0.1) is 0 Å². The first-order valence-corrected chi connectivity index (χ1v) is 10.6. The number of carboxylic acid groups (broad SMARTS) is 1. The Kier molecular flexibility index (Phi) is 5.97. The van der Waals surface area contributed by atoms with Crippen molar-refractivity contribution in [2.75, 3.05) is 0 Å². The number of fused-ring (bicyclic) bond motifs is 1. The number of thioether (sulfide) groups is 1. The van der Waals surface area contributed by atoms with Crippen molar-refractivity contribution in [3.05, 3.63) is 82.4 Å². The van der Waals surface area contributed by atoms with Gasteiger partial charge in [-0.3, -0.25) is 0 Å². The fourth-order valence-electron chi connectivity index (χ4n) is 3.32. The Morgan fingerprint density at radius 1 is 1.23 bits per heavy atom. The molecule has 0 atom stereocenters. The lowest BCUT2D eigenvalue weighted by Crippen LogP contribution is -1.99. The zero-order chi connectivity index (χ0) is 22.0. The number of carboxylic acids is 1. The highest BCUT2D eigenvalue weighted by Gasteiger charge is 2.19. The minimum Gasteiger partial charge on any atom is -0.477 e. The second-order valence-electron chi connectivity index (χ2n) is 6.71. The minimum absolute atomic E-state index is 0.0795. The largest absolute Gasteiger partial charge is 0.477 e. The van der Waals surface area contributed by atoms with E-state index in [0.717, 1.165) is 33.9 Å². The topological polar surface area (TPSA) is 81.2 Å². The van der Waals surface area contributed by atoms with Crippen molar-refractivity contribution < 1.29 is 14.3 Å². The van der Waals surface area contributed by atoms with Crippen molar-refractivity contribution in [1.29, 1.82) is 0 Å². The number of para-hydroxylation sites is 1. The Bertz CT molecular complexity index is 1310. The number of benzene rings is 2. The summed E-state index contributed by atoms with van der Waals surface area (Å²) in [5.74, 6) is -0.779. The van der Waals surface area contributed by atoms with Crippen LogP contribution in [0.2, 0.25) is 5.02 Å². The van der Waals surface area contributed by atoms with Gasteiger partial charge in [-0.05, 0) is 55.1 Å². The Hall–Kier alpha value is -3.29. The second-order valence-corrected chi connectivity index (χ2v) is 8.14. The summed E-state index contributed by atoms with van der Waals surface area (Å²) in [6.45, 7) is 6.41. The Labute approximate surface area is 187 Å². The third-order valence-corrected chi connectivity index (χ3v) is 5.88. The molecule has 0 aliphatic carbocycles. The Morgan fingerprint density at radius 3 is 2.68 bits per heavy atom. The first-order valence-electron chi connectivity index (χ1n) is 9.39. The van der Waals surface area contributed by atoms with Gasteiger partial charge in [-0.15, -0.1) is 16.8 Å². The zero-order valence-corrected chi connectivity index (χ0v) is 18.2. The summed E-state index contributed by atoms with van der Waals surface area (Å²) in [7, 11) is 0. The smallest absolute Gasteiger partial charge is 0.342 e. The van der Waals surface area contributed by atoms with E-state index in [4.69, 9.17) is 16.0 Å². The quantitative estimate of drug-likeness (QED) is 0.209. The van der Waals surface area contributed by atoms with Gasteiger partial charge < -0.3 is 14.1 Å². The van der Waals surface area contributed by atoms with Gasteiger partial charge in [0.25, 0.3) is 5.22 Å². The van der Waals surface area contributed by atoms with Crippen molar-refractivity contribution >= 4 is 46.3 Å². The number of allylic oxidation sites excluding steroid dienone is 1. The fraction of sp³-hybridized carbons (Fsp3) is 0.0870. The maximum absolute atomic E-state index is 12.0. The number of carbonyl (C=O) groups is 1. The molecule has 4 rings (SSSR count). The number of rotatable bonds is 7. The third kappa shape index (κ3) is 4.28. The highest BCUT2D eigenvalue weighted by atomic mass is 35.5. The summed E-state index contributed by atoms with van der Waals surface area (Å²) in [5, 5.41) is 19.5. The van der Waals surface area contributed by atoms with Crippen LogP contribution in [0.1, 0.15) is 11.3 Å². The van der Waals surface area contributed by atoms with Gasteiger partial charge in [-0.25, -0.2) is 4.79 Å². The average molecular weight is 452 g/mol. The number of halogens is 1. The van der Waals surface area contributed by atoms with Crippen LogP contribution < -0.4 is 0 Å². The van der Waals surface area contributed by atoms with E-state index in [-0.39, 0.29) is 10.1 Å². The maximum Gasteiger partial charge on any atom is 0.342 e. The average Bonchev–Trinajstić information content (AvgIpc) is 3.33. The molecule has 0 radical (unpaired) electrons. The van der Waals surface area contributed by atoms with Crippen LogP contribution in [0, 0.1) is 6.92 Å². The van der Waals surface area contributed by atoms with E-state index in [2.05, 4.69) is 21.3 Å². The first kappa shape index (κ1) is 21.0. The molecule has 0 unspecified atom stereocenters. The summed E-state index contributed by atoms with van der Waals surface area (Å²) in [6.07, 6.45) is 3.47. The van der Waals surface area contributed by atoms with Crippen LogP contribution in [0.4, 0.5) is 0 Å². The van der Waals surface area contributed by atoms with Crippen LogP contribution in [-0.2, 0) is 11.3 Å². The van der Waals surface area contributed by atoms with Crippen LogP contribution >= 0.6 is 23.4 Å². The van der Waals surface area contributed by atoms with E-state index in [9.17, 15) is 9.90 Å². The van der Waals surface area contributed by atoms with Gasteiger partial charge in [0.15, 0.2) is 0 Å². The van der Waals surface area contributed by atoms with Crippen LogP contribution in [0.15, 0.2) is 75.7 Å². The number of nitrogens with zero attached hydrogens (tertiary/aromatic N) is 3. The monoisotopic (exact) mass is 451 g/mol. The van der Waals surface area contributed by atoms with Crippen molar-refractivity contribution in [1.82, 2.24) is 14.8 Å². The molecule has 0 spiro atoms. The lowest BCUT2D eigenvalue weighted by atomic mass is 10.1. The summed E-state index contributed by atoms with van der Waals surface area (Å²) in [5.41, 5.74) is 3.50. The molecule has 2 aromatic heterocycles. The molecule has 1 N–H and O–H groups in total. The maximum atomic E-state index is 12.0. The van der Waals surface area contributed by atoms with Gasteiger partial charge in [-0.2, -0.15) is 0 Å². The van der Waals surface area contributed by atoms with Crippen molar-refractivity contribution in [3.63, 3.8) is 0 Å². The Morgan fingerprint density at radius 2 is 1.97 bits per heavy atom. The van der Waals surface area contributed by atoms with E-state index < -0.39 is 5.97 Å². The lowest BCUT2D eigenvalue weighted by Gasteiger charge is -2.04. The van der Waals surface area contributed by atoms with E-state index in [1.165, 1.54) is 0 Å². The number of hydrogen-bond acceptors (Lipinski definition) is 5. The van der Waals surface area contributed by atoms with E-state index >= 15 is 0 Å². The molecule has 156 valence electrons. The molecule has 0 fully saturated rings. The Balaban J connectivity index is 1.71. The highest BCUT2D eigenvalue weighted by molar-refractivity contribution is 8.03. The molecule has 0 saturated heterocycles. The number of aliphatic carboxylic acids is 1. The SMILES string of the molecule is C=CCn1c(C)c(/C=C(\Sc2nnc(-c3ccc(Cl)cc3)o2)C(=O)O)c2ccccc21. The molecule has 2 heterocycles. The summed E-state index contributed by atoms with van der Waals surface area (Å²) >= 11 is 6.83. The molecule has 2 aromatic carbocycles.